The molecule has 27 heavy (non-hydrogen) atoms. The third-order valence-corrected chi connectivity index (χ3v) is 5.04. The van der Waals surface area contributed by atoms with E-state index in [-0.39, 0.29) is 30.1 Å². The average Bonchev–Trinajstić information content (AvgIpc) is 2.96. The fourth-order valence-electron chi connectivity index (χ4n) is 3.63. The van der Waals surface area contributed by atoms with Crippen molar-refractivity contribution in [1.82, 2.24) is 20.2 Å². The second kappa shape index (κ2) is 10.8. The molecule has 1 aliphatic carbocycles. The minimum atomic E-state index is -0.124. The van der Waals surface area contributed by atoms with Crippen LogP contribution >= 0.6 is 24.0 Å². The van der Waals surface area contributed by atoms with Gasteiger partial charge in [0.05, 0.1) is 17.1 Å². The van der Waals surface area contributed by atoms with E-state index in [0.717, 1.165) is 69.0 Å². The summed E-state index contributed by atoms with van der Waals surface area (Å²) in [6, 6.07) is 8.69. The third kappa shape index (κ3) is 6.07. The summed E-state index contributed by atoms with van der Waals surface area (Å²) >= 11 is 0. The first-order valence-electron chi connectivity index (χ1n) is 9.82. The molecule has 1 aliphatic rings. The second-order valence-electron chi connectivity index (χ2n) is 7.06. The minimum Gasteiger partial charge on any atom is -0.393 e. The molecule has 1 aromatic carbocycles. The number of halogens is 1. The van der Waals surface area contributed by atoms with Gasteiger partial charge in [-0.25, -0.2) is 4.98 Å². The van der Waals surface area contributed by atoms with Gasteiger partial charge in [0, 0.05) is 25.7 Å². The van der Waals surface area contributed by atoms with E-state index in [1.807, 2.05) is 6.07 Å². The van der Waals surface area contributed by atoms with Gasteiger partial charge in [0.15, 0.2) is 5.96 Å². The number of rotatable bonds is 6. The quantitative estimate of drug-likeness (QED) is 0.254. The SMILES string of the molecule is CCNC(=NCCCn1c(C)nc2ccccc21)NC1CCC(O)CC1.I. The number of benzene rings is 1. The van der Waals surface area contributed by atoms with Crippen LogP contribution in [0.25, 0.3) is 11.0 Å². The number of hydrogen-bond acceptors (Lipinski definition) is 3. The number of nitrogens with one attached hydrogen (secondary N) is 2. The second-order valence-corrected chi connectivity index (χ2v) is 7.06. The van der Waals surface area contributed by atoms with Crippen molar-refractivity contribution in [2.45, 2.75) is 64.6 Å². The maximum atomic E-state index is 9.64. The van der Waals surface area contributed by atoms with Gasteiger partial charge in [-0.3, -0.25) is 4.99 Å². The van der Waals surface area contributed by atoms with E-state index in [0.29, 0.717) is 6.04 Å². The molecule has 1 saturated carbocycles. The van der Waals surface area contributed by atoms with Crippen molar-refractivity contribution in [2.24, 2.45) is 4.99 Å². The highest BCUT2D eigenvalue weighted by atomic mass is 127. The highest BCUT2D eigenvalue weighted by Crippen LogP contribution is 2.18. The molecule has 0 saturated heterocycles. The monoisotopic (exact) mass is 485 g/mol. The molecule has 0 bridgehead atoms. The van der Waals surface area contributed by atoms with Crippen LogP contribution in [0, 0.1) is 6.92 Å². The first-order chi connectivity index (χ1) is 12.7. The van der Waals surface area contributed by atoms with Gasteiger partial charge in [0.25, 0.3) is 0 Å². The predicted octanol–water partition coefficient (Wildman–Crippen LogP) is 3.21. The molecule has 1 aromatic heterocycles. The van der Waals surface area contributed by atoms with Crippen molar-refractivity contribution in [3.8, 4) is 0 Å². The highest BCUT2D eigenvalue weighted by molar-refractivity contribution is 14.0. The molecule has 0 atom stereocenters. The molecular formula is C20H32IN5O. The Bertz CT molecular complexity index is 737. The van der Waals surface area contributed by atoms with Crippen molar-refractivity contribution >= 4 is 41.0 Å². The summed E-state index contributed by atoms with van der Waals surface area (Å²) in [6.07, 6.45) is 4.62. The number of imidazole rings is 1. The molecule has 7 heteroatoms. The number of aliphatic imine (C=N–C) groups is 1. The highest BCUT2D eigenvalue weighted by Gasteiger charge is 2.19. The van der Waals surface area contributed by atoms with Gasteiger partial charge in [-0.05, 0) is 58.1 Å². The largest absolute Gasteiger partial charge is 0.393 e. The molecule has 1 heterocycles. The molecule has 1 fully saturated rings. The summed E-state index contributed by atoms with van der Waals surface area (Å²) in [6.45, 7) is 6.70. The summed E-state index contributed by atoms with van der Waals surface area (Å²) in [5.41, 5.74) is 2.25. The number of aliphatic hydroxyl groups excluding tert-OH is 1. The van der Waals surface area contributed by atoms with Gasteiger partial charge < -0.3 is 20.3 Å². The molecule has 3 rings (SSSR count). The van der Waals surface area contributed by atoms with E-state index in [2.05, 4.69) is 52.2 Å². The van der Waals surface area contributed by atoms with Crippen molar-refractivity contribution < 1.29 is 5.11 Å². The summed E-state index contributed by atoms with van der Waals surface area (Å²) in [4.78, 5) is 9.36. The van der Waals surface area contributed by atoms with E-state index in [4.69, 9.17) is 4.99 Å². The smallest absolute Gasteiger partial charge is 0.191 e. The molecule has 0 amide bonds. The zero-order valence-corrected chi connectivity index (χ0v) is 18.6. The van der Waals surface area contributed by atoms with Gasteiger partial charge in [-0.1, -0.05) is 12.1 Å². The molecule has 150 valence electrons. The number of nitrogens with zero attached hydrogens (tertiary/aromatic N) is 3. The first-order valence-corrected chi connectivity index (χ1v) is 9.82. The number of guanidine groups is 1. The zero-order valence-electron chi connectivity index (χ0n) is 16.3. The van der Waals surface area contributed by atoms with E-state index in [1.165, 1.54) is 5.52 Å². The Labute approximate surface area is 178 Å². The molecule has 3 N–H and O–H groups in total. The lowest BCUT2D eigenvalue weighted by atomic mass is 9.93. The maximum absolute atomic E-state index is 9.64. The van der Waals surface area contributed by atoms with Crippen molar-refractivity contribution in [3.63, 3.8) is 0 Å². The Morgan fingerprint density at radius 1 is 1.26 bits per heavy atom. The third-order valence-electron chi connectivity index (χ3n) is 5.04. The standard InChI is InChI=1S/C20H31N5O.HI/c1-3-21-20(24-16-9-11-17(26)12-10-16)22-13-6-14-25-15(2)23-18-7-4-5-8-19(18)25;/h4-5,7-8,16-17,26H,3,6,9-14H2,1-2H3,(H2,21,22,24);1H. The van der Waals surface area contributed by atoms with Crippen LogP contribution < -0.4 is 10.6 Å². The van der Waals surface area contributed by atoms with Crippen LogP contribution in [-0.2, 0) is 6.54 Å². The lowest BCUT2D eigenvalue weighted by Crippen LogP contribution is -2.45. The molecule has 6 nitrogen and oxygen atoms in total. The lowest BCUT2D eigenvalue weighted by Gasteiger charge is -2.27. The van der Waals surface area contributed by atoms with Gasteiger partial charge in [-0.2, -0.15) is 0 Å². The molecule has 0 unspecified atom stereocenters. The molecule has 0 spiro atoms. The van der Waals surface area contributed by atoms with E-state index < -0.39 is 0 Å². The number of aromatic nitrogens is 2. The Morgan fingerprint density at radius 3 is 2.74 bits per heavy atom. The van der Waals surface area contributed by atoms with Crippen molar-refractivity contribution in [1.29, 1.82) is 0 Å². The van der Waals surface area contributed by atoms with Crippen LogP contribution in [0.15, 0.2) is 29.3 Å². The maximum Gasteiger partial charge on any atom is 0.191 e. The molecule has 0 aliphatic heterocycles. The number of fused-ring (bicyclic) bond motifs is 1. The van der Waals surface area contributed by atoms with Crippen LogP contribution in [0.5, 0.6) is 0 Å². The topological polar surface area (TPSA) is 74.5 Å². The van der Waals surface area contributed by atoms with E-state index in [9.17, 15) is 5.11 Å². The van der Waals surface area contributed by atoms with Crippen LogP contribution in [0.1, 0.15) is 44.9 Å². The number of aliphatic hydroxyl groups is 1. The van der Waals surface area contributed by atoms with Crippen molar-refractivity contribution in [2.75, 3.05) is 13.1 Å². The van der Waals surface area contributed by atoms with Crippen LogP contribution in [0.2, 0.25) is 0 Å². The summed E-state index contributed by atoms with van der Waals surface area (Å²) in [5.74, 6) is 1.95. The predicted molar refractivity (Wildman–Crippen MR) is 122 cm³/mol. The van der Waals surface area contributed by atoms with Gasteiger partial charge in [-0.15, -0.1) is 24.0 Å². The Balaban J connectivity index is 0.00000261. The summed E-state index contributed by atoms with van der Waals surface area (Å²) in [7, 11) is 0. The normalized spacial score (nSPS) is 20.3. The molecular weight excluding hydrogens is 453 g/mol. The fourth-order valence-corrected chi connectivity index (χ4v) is 3.63. The Hall–Kier alpha value is -1.35. The Morgan fingerprint density at radius 2 is 2.00 bits per heavy atom. The fraction of sp³-hybridized carbons (Fsp3) is 0.600. The van der Waals surface area contributed by atoms with Gasteiger partial charge in [0.1, 0.15) is 5.82 Å². The number of hydrogen-bond donors (Lipinski definition) is 3. The molecule has 0 radical (unpaired) electrons. The number of aryl methyl sites for hydroxylation is 2. The van der Waals surface area contributed by atoms with Crippen LogP contribution in [0.3, 0.4) is 0 Å². The average molecular weight is 485 g/mol. The first kappa shape index (κ1) is 21.9. The Kier molecular flexibility index (Phi) is 8.82. The zero-order chi connectivity index (χ0) is 18.4. The van der Waals surface area contributed by atoms with Crippen molar-refractivity contribution in [3.05, 3.63) is 30.1 Å². The molecule has 2 aromatic rings. The van der Waals surface area contributed by atoms with Gasteiger partial charge >= 0.3 is 0 Å². The lowest BCUT2D eigenvalue weighted by molar-refractivity contribution is 0.120. The number of para-hydroxylation sites is 2. The van der Waals surface area contributed by atoms with E-state index >= 15 is 0 Å². The van der Waals surface area contributed by atoms with E-state index in [1.54, 1.807) is 0 Å². The van der Waals surface area contributed by atoms with Gasteiger partial charge in [0.2, 0.25) is 0 Å². The summed E-state index contributed by atoms with van der Waals surface area (Å²) < 4.78 is 2.27. The summed E-state index contributed by atoms with van der Waals surface area (Å²) in [5, 5.41) is 16.5. The minimum absolute atomic E-state index is 0. The van der Waals surface area contributed by atoms with Crippen LogP contribution in [-0.4, -0.2) is 45.9 Å². The van der Waals surface area contributed by atoms with Crippen LogP contribution in [0.4, 0.5) is 0 Å².